The van der Waals surface area contributed by atoms with E-state index in [2.05, 4.69) is 10.2 Å². The molecular weight excluding hydrogens is 389 g/mol. The fourth-order valence-electron chi connectivity index (χ4n) is 4.50. The first-order valence-electron chi connectivity index (χ1n) is 9.91. The molecule has 0 amide bonds. The van der Waals surface area contributed by atoms with Gasteiger partial charge >= 0.3 is 5.97 Å². The smallest absolute Gasteiger partial charge is 0.339 e. The van der Waals surface area contributed by atoms with E-state index in [1.165, 1.54) is 0 Å². The number of methoxy groups -OCH3 is 1. The Labute approximate surface area is 172 Å². The van der Waals surface area contributed by atoms with Crippen molar-refractivity contribution in [1.82, 2.24) is 4.90 Å². The molecule has 0 saturated heterocycles. The Hall–Kier alpha value is -3.29. The van der Waals surface area contributed by atoms with Crippen LogP contribution in [0.15, 0.2) is 57.4 Å². The molecule has 4 aliphatic rings. The number of allylic oxidation sites excluding steroid dienone is 2. The molecule has 1 fully saturated rings. The number of halogens is 1. The zero-order chi connectivity index (χ0) is 21.0. The second-order valence-corrected chi connectivity index (χ2v) is 7.90. The van der Waals surface area contributed by atoms with Crippen molar-refractivity contribution in [3.63, 3.8) is 0 Å². The van der Waals surface area contributed by atoms with Crippen LogP contribution in [-0.4, -0.2) is 53.1 Å². The van der Waals surface area contributed by atoms with Crippen LogP contribution in [0.25, 0.3) is 0 Å². The SMILES string of the molecule is COc1ccccc1C1=NN=C2C(F)CC3=C(C(C4CC4)C=C(C(=O)O)C3=O)N2C1. The molecule has 0 aromatic heterocycles. The number of carboxylic acids is 1. The van der Waals surface area contributed by atoms with Gasteiger partial charge in [-0.15, -0.1) is 5.10 Å². The minimum absolute atomic E-state index is 0.170. The van der Waals surface area contributed by atoms with Gasteiger partial charge in [0.15, 0.2) is 17.8 Å². The van der Waals surface area contributed by atoms with Gasteiger partial charge in [-0.25, -0.2) is 9.18 Å². The van der Waals surface area contributed by atoms with Gasteiger partial charge in [-0.1, -0.05) is 18.2 Å². The van der Waals surface area contributed by atoms with Crippen LogP contribution in [0.3, 0.4) is 0 Å². The molecular formula is C22H20FN3O4. The number of amidine groups is 1. The summed E-state index contributed by atoms with van der Waals surface area (Å²) in [6.45, 7) is 0.241. The number of carbonyl (C=O) groups is 2. The highest BCUT2D eigenvalue weighted by Gasteiger charge is 2.47. The van der Waals surface area contributed by atoms with E-state index in [9.17, 15) is 19.1 Å². The van der Waals surface area contributed by atoms with Crippen LogP contribution in [0, 0.1) is 11.8 Å². The first-order valence-corrected chi connectivity index (χ1v) is 9.91. The number of para-hydroxylation sites is 1. The zero-order valence-electron chi connectivity index (χ0n) is 16.3. The van der Waals surface area contributed by atoms with Gasteiger partial charge in [0.1, 0.15) is 11.3 Å². The Morgan fingerprint density at radius 1 is 1.27 bits per heavy atom. The van der Waals surface area contributed by atoms with Crippen LogP contribution in [0.2, 0.25) is 0 Å². The second-order valence-electron chi connectivity index (χ2n) is 7.90. The second kappa shape index (κ2) is 6.90. The minimum Gasteiger partial charge on any atom is -0.496 e. The number of hydrogen-bond acceptors (Lipinski definition) is 6. The fourth-order valence-corrected chi connectivity index (χ4v) is 4.50. The maximum atomic E-state index is 15.0. The van der Waals surface area contributed by atoms with Gasteiger partial charge in [-0.2, -0.15) is 5.10 Å². The van der Waals surface area contributed by atoms with Crippen LogP contribution >= 0.6 is 0 Å². The molecule has 154 valence electrons. The van der Waals surface area contributed by atoms with Gasteiger partial charge in [0.25, 0.3) is 0 Å². The van der Waals surface area contributed by atoms with E-state index < -0.39 is 17.9 Å². The molecule has 1 aromatic carbocycles. The lowest BCUT2D eigenvalue weighted by atomic mass is 9.79. The largest absolute Gasteiger partial charge is 0.496 e. The summed E-state index contributed by atoms with van der Waals surface area (Å²) >= 11 is 0. The lowest BCUT2D eigenvalue weighted by molar-refractivity contribution is -0.134. The van der Waals surface area contributed by atoms with Gasteiger partial charge in [-0.05, 0) is 30.9 Å². The monoisotopic (exact) mass is 409 g/mol. The molecule has 2 atom stereocenters. The summed E-state index contributed by atoms with van der Waals surface area (Å²) in [6.07, 6.45) is 1.77. The van der Waals surface area contributed by atoms with Crippen molar-refractivity contribution in [1.29, 1.82) is 0 Å². The molecule has 1 saturated carbocycles. The number of rotatable bonds is 4. The highest BCUT2D eigenvalue weighted by atomic mass is 19.1. The standard InChI is InChI=1S/C22H20FN3O4/c1-30-18-5-3-2-4-12(18)17-10-26-19-13(11-6-7-11)8-15(22(28)29)20(27)14(19)9-16(23)21(26)25-24-17/h2-5,8,11,13,16H,6-7,9-10H2,1H3,(H,28,29). The summed E-state index contributed by atoms with van der Waals surface area (Å²) in [4.78, 5) is 26.2. The molecule has 2 unspecified atom stereocenters. The normalized spacial score (nSPS) is 25.7. The molecule has 1 aromatic rings. The summed E-state index contributed by atoms with van der Waals surface area (Å²) in [5.74, 6) is -1.04. The predicted octanol–water partition coefficient (Wildman–Crippen LogP) is 2.73. The number of Topliss-reactive ketones (excluding diaryl/α,β-unsaturated/α-hetero) is 1. The highest BCUT2D eigenvalue weighted by Crippen LogP contribution is 2.48. The van der Waals surface area contributed by atoms with E-state index in [4.69, 9.17) is 4.74 Å². The number of carbonyl (C=O) groups excluding carboxylic acids is 1. The molecule has 2 aliphatic carbocycles. The van der Waals surface area contributed by atoms with Crippen molar-refractivity contribution in [3.05, 3.63) is 52.7 Å². The molecule has 2 heterocycles. The van der Waals surface area contributed by atoms with Gasteiger partial charge < -0.3 is 14.7 Å². The van der Waals surface area contributed by atoms with Crippen LogP contribution in [0.1, 0.15) is 24.8 Å². The Balaban J connectivity index is 1.60. The van der Waals surface area contributed by atoms with E-state index in [0.29, 0.717) is 17.2 Å². The lowest BCUT2D eigenvalue weighted by Gasteiger charge is -2.41. The Morgan fingerprint density at radius 3 is 2.73 bits per heavy atom. The molecule has 5 rings (SSSR count). The summed E-state index contributed by atoms with van der Waals surface area (Å²) in [5, 5.41) is 17.9. The van der Waals surface area contributed by atoms with E-state index in [1.807, 2.05) is 24.3 Å². The lowest BCUT2D eigenvalue weighted by Crippen LogP contribution is -2.50. The minimum atomic E-state index is -1.51. The van der Waals surface area contributed by atoms with Crippen molar-refractivity contribution in [2.75, 3.05) is 13.7 Å². The number of hydrogen-bond donors (Lipinski definition) is 1. The Morgan fingerprint density at radius 2 is 2.03 bits per heavy atom. The van der Waals surface area contributed by atoms with Crippen LogP contribution in [0.4, 0.5) is 4.39 Å². The van der Waals surface area contributed by atoms with E-state index in [0.717, 1.165) is 18.4 Å². The third-order valence-electron chi connectivity index (χ3n) is 6.08. The first-order chi connectivity index (χ1) is 14.5. The highest BCUT2D eigenvalue weighted by molar-refractivity contribution is 6.25. The van der Waals surface area contributed by atoms with Crippen LogP contribution < -0.4 is 4.74 Å². The third-order valence-corrected chi connectivity index (χ3v) is 6.08. The predicted molar refractivity (Wildman–Crippen MR) is 107 cm³/mol. The van der Waals surface area contributed by atoms with Crippen molar-refractivity contribution in [3.8, 4) is 5.75 Å². The number of nitrogens with zero attached hydrogens (tertiary/aromatic N) is 3. The topological polar surface area (TPSA) is 91.6 Å². The number of fused-ring (bicyclic) bond motifs is 2. The molecule has 0 spiro atoms. The number of alkyl halides is 1. The molecule has 2 aliphatic heterocycles. The Bertz CT molecular complexity index is 1080. The maximum absolute atomic E-state index is 15.0. The molecule has 30 heavy (non-hydrogen) atoms. The average molecular weight is 409 g/mol. The van der Waals surface area contributed by atoms with Crippen LogP contribution in [0.5, 0.6) is 5.75 Å². The van der Waals surface area contributed by atoms with E-state index >= 15 is 0 Å². The molecule has 1 N–H and O–H groups in total. The first kappa shape index (κ1) is 18.7. The number of carboxylic acid groups (broad SMARTS) is 1. The Kier molecular flexibility index (Phi) is 4.30. The number of aliphatic carboxylic acids is 1. The van der Waals surface area contributed by atoms with E-state index in [1.54, 1.807) is 18.1 Å². The summed E-state index contributed by atoms with van der Waals surface area (Å²) in [6, 6.07) is 7.38. The molecule has 7 nitrogen and oxygen atoms in total. The third kappa shape index (κ3) is 2.86. The molecule has 8 heteroatoms. The van der Waals surface area contributed by atoms with Crippen molar-refractivity contribution >= 4 is 23.3 Å². The molecule has 0 bridgehead atoms. The van der Waals surface area contributed by atoms with E-state index in [-0.39, 0.29) is 41.8 Å². The molecule has 0 radical (unpaired) electrons. The number of ether oxygens (including phenoxy) is 1. The summed E-state index contributed by atoms with van der Waals surface area (Å²) in [7, 11) is 1.57. The van der Waals surface area contributed by atoms with Crippen LogP contribution in [-0.2, 0) is 9.59 Å². The van der Waals surface area contributed by atoms with Gasteiger partial charge in [-0.3, -0.25) is 4.79 Å². The van der Waals surface area contributed by atoms with Crippen molar-refractivity contribution in [2.45, 2.75) is 25.4 Å². The fraction of sp³-hybridized carbons (Fsp3) is 0.364. The number of benzene rings is 1. The van der Waals surface area contributed by atoms with Gasteiger partial charge in [0.2, 0.25) is 0 Å². The number of ketones is 1. The zero-order valence-corrected chi connectivity index (χ0v) is 16.3. The van der Waals surface area contributed by atoms with Gasteiger partial charge in [0, 0.05) is 29.2 Å². The maximum Gasteiger partial charge on any atom is 0.339 e. The summed E-state index contributed by atoms with van der Waals surface area (Å²) in [5.41, 5.74) is 2.03. The van der Waals surface area contributed by atoms with Gasteiger partial charge in [0.05, 0.1) is 19.4 Å². The average Bonchev–Trinajstić information content (AvgIpc) is 3.59. The summed E-state index contributed by atoms with van der Waals surface area (Å²) < 4.78 is 20.4. The van der Waals surface area contributed by atoms with Crippen molar-refractivity contribution < 1.29 is 23.8 Å². The van der Waals surface area contributed by atoms with Crippen molar-refractivity contribution in [2.24, 2.45) is 22.0 Å². The quantitative estimate of drug-likeness (QED) is 0.772.